The Kier molecular flexibility index (Phi) is 6.60. The van der Waals surface area contributed by atoms with Crippen LogP contribution < -0.4 is 9.47 Å². The first-order valence-corrected chi connectivity index (χ1v) is 9.38. The normalized spacial score (nSPS) is 20.5. The average Bonchev–Trinajstić information content (AvgIpc) is 2.69. The number of halogens is 1. The molecule has 2 aromatic carbocycles. The predicted octanol–water partition coefficient (Wildman–Crippen LogP) is 3.60. The van der Waals surface area contributed by atoms with Crippen LogP contribution in [0.4, 0.5) is 0 Å². The smallest absolute Gasteiger partial charge is 0.161 e. The first-order valence-electron chi connectivity index (χ1n) is 9.00. The molecule has 0 amide bonds. The molecule has 0 unspecified atom stereocenters. The van der Waals surface area contributed by atoms with Crippen molar-refractivity contribution in [3.05, 3.63) is 58.1 Å². The van der Waals surface area contributed by atoms with Gasteiger partial charge in [0.25, 0.3) is 0 Å². The maximum atomic E-state index is 9.90. The van der Waals surface area contributed by atoms with Crippen molar-refractivity contribution in [1.29, 1.82) is 0 Å². The fourth-order valence-corrected chi connectivity index (χ4v) is 3.86. The van der Waals surface area contributed by atoms with Crippen molar-refractivity contribution in [3.8, 4) is 11.5 Å². The molecule has 1 saturated heterocycles. The fourth-order valence-electron chi connectivity index (χ4n) is 3.63. The van der Waals surface area contributed by atoms with E-state index in [1.165, 1.54) is 5.56 Å². The van der Waals surface area contributed by atoms with Gasteiger partial charge in [-0.1, -0.05) is 23.7 Å². The molecule has 0 aliphatic carbocycles. The summed E-state index contributed by atoms with van der Waals surface area (Å²) in [7, 11) is 3.24. The Labute approximate surface area is 165 Å². The Hall–Kier alpha value is -1.79. The van der Waals surface area contributed by atoms with Crippen LogP contribution in [-0.2, 0) is 11.3 Å². The number of hydrogen-bond donors (Lipinski definition) is 1. The molecule has 0 saturated carbocycles. The maximum Gasteiger partial charge on any atom is 0.161 e. The highest BCUT2D eigenvalue weighted by Gasteiger charge is 2.34. The summed E-state index contributed by atoms with van der Waals surface area (Å²) >= 11 is 6.10. The molecule has 2 atom stereocenters. The van der Waals surface area contributed by atoms with Gasteiger partial charge in [-0.25, -0.2) is 0 Å². The van der Waals surface area contributed by atoms with E-state index in [4.69, 9.17) is 25.8 Å². The highest BCUT2D eigenvalue weighted by atomic mass is 35.5. The summed E-state index contributed by atoms with van der Waals surface area (Å²) in [5.41, 5.74) is 3.39. The minimum atomic E-state index is -0.301. The largest absolute Gasteiger partial charge is 0.493 e. The molecule has 146 valence electrons. The monoisotopic (exact) mass is 391 g/mol. The number of aliphatic hydroxyl groups is 1. The molecule has 5 nitrogen and oxygen atoms in total. The Balaban J connectivity index is 1.94. The minimum absolute atomic E-state index is 0.0465. The molecule has 1 N–H and O–H groups in total. The quantitative estimate of drug-likeness (QED) is 0.815. The van der Waals surface area contributed by atoms with Crippen LogP contribution in [0, 0.1) is 6.92 Å². The van der Waals surface area contributed by atoms with Gasteiger partial charge in [-0.05, 0) is 47.9 Å². The van der Waals surface area contributed by atoms with E-state index >= 15 is 0 Å². The van der Waals surface area contributed by atoms with Gasteiger partial charge in [-0.3, -0.25) is 4.90 Å². The van der Waals surface area contributed by atoms with Crippen molar-refractivity contribution in [1.82, 2.24) is 4.90 Å². The summed E-state index contributed by atoms with van der Waals surface area (Å²) in [4.78, 5) is 2.34. The van der Waals surface area contributed by atoms with Gasteiger partial charge in [0, 0.05) is 18.1 Å². The van der Waals surface area contributed by atoms with E-state index in [0.717, 1.165) is 29.2 Å². The van der Waals surface area contributed by atoms with Crippen molar-refractivity contribution in [2.75, 3.05) is 34.0 Å². The van der Waals surface area contributed by atoms with Crippen molar-refractivity contribution in [2.45, 2.75) is 25.6 Å². The maximum absolute atomic E-state index is 9.90. The molecule has 1 heterocycles. The SMILES string of the molecule is COc1ccc([C@@H]2[C@@H](CO)OCCN2Cc2ccc(Cl)cc2C)cc1OC. The van der Waals surface area contributed by atoms with Crippen LogP contribution in [-0.4, -0.2) is 50.1 Å². The van der Waals surface area contributed by atoms with Gasteiger partial charge in [0.05, 0.1) is 33.5 Å². The second-order valence-electron chi connectivity index (χ2n) is 6.69. The number of aliphatic hydroxyl groups excluding tert-OH is 1. The summed E-state index contributed by atoms with van der Waals surface area (Å²) < 4.78 is 16.7. The topological polar surface area (TPSA) is 51.2 Å². The summed E-state index contributed by atoms with van der Waals surface area (Å²) in [5, 5.41) is 10.6. The van der Waals surface area contributed by atoms with Crippen LogP contribution in [0.25, 0.3) is 0 Å². The Morgan fingerprint density at radius 3 is 2.59 bits per heavy atom. The van der Waals surface area contributed by atoms with Gasteiger partial charge < -0.3 is 19.3 Å². The number of benzene rings is 2. The lowest BCUT2D eigenvalue weighted by Crippen LogP contribution is -2.46. The van der Waals surface area contributed by atoms with E-state index in [1.54, 1.807) is 14.2 Å². The van der Waals surface area contributed by atoms with E-state index < -0.39 is 0 Å². The van der Waals surface area contributed by atoms with Crippen molar-refractivity contribution in [3.63, 3.8) is 0 Å². The van der Waals surface area contributed by atoms with E-state index in [2.05, 4.69) is 17.9 Å². The third-order valence-electron chi connectivity index (χ3n) is 5.06. The van der Waals surface area contributed by atoms with Crippen LogP contribution in [0.1, 0.15) is 22.7 Å². The van der Waals surface area contributed by atoms with Crippen LogP contribution in [0.3, 0.4) is 0 Å². The molecule has 1 fully saturated rings. The molecule has 1 aliphatic heterocycles. The Morgan fingerprint density at radius 2 is 1.93 bits per heavy atom. The number of rotatable bonds is 6. The molecule has 3 rings (SSSR count). The molecule has 6 heteroatoms. The third kappa shape index (κ3) is 4.38. The zero-order valence-corrected chi connectivity index (χ0v) is 16.7. The molecule has 0 aromatic heterocycles. The van der Waals surface area contributed by atoms with Crippen molar-refractivity contribution < 1.29 is 19.3 Å². The summed E-state index contributed by atoms with van der Waals surface area (Å²) in [5.74, 6) is 1.35. The second kappa shape index (κ2) is 8.93. The Morgan fingerprint density at radius 1 is 1.15 bits per heavy atom. The summed E-state index contributed by atoms with van der Waals surface area (Å²) in [6.45, 7) is 4.13. The highest BCUT2D eigenvalue weighted by Crippen LogP contribution is 2.36. The van der Waals surface area contributed by atoms with Crippen LogP contribution >= 0.6 is 11.6 Å². The molecule has 0 bridgehead atoms. The van der Waals surface area contributed by atoms with E-state index in [9.17, 15) is 5.11 Å². The predicted molar refractivity (Wildman–Crippen MR) is 106 cm³/mol. The van der Waals surface area contributed by atoms with Gasteiger partial charge >= 0.3 is 0 Å². The minimum Gasteiger partial charge on any atom is -0.493 e. The molecule has 0 radical (unpaired) electrons. The van der Waals surface area contributed by atoms with E-state index in [-0.39, 0.29) is 18.8 Å². The molecule has 27 heavy (non-hydrogen) atoms. The number of nitrogens with zero attached hydrogens (tertiary/aromatic N) is 1. The van der Waals surface area contributed by atoms with E-state index in [0.29, 0.717) is 18.1 Å². The summed E-state index contributed by atoms with van der Waals surface area (Å²) in [6.07, 6.45) is -0.301. The van der Waals surface area contributed by atoms with Crippen LogP contribution in [0.2, 0.25) is 5.02 Å². The lowest BCUT2D eigenvalue weighted by molar-refractivity contribution is -0.0961. The first-order chi connectivity index (χ1) is 13.1. The average molecular weight is 392 g/mol. The van der Waals surface area contributed by atoms with E-state index in [1.807, 2.05) is 30.3 Å². The molecule has 0 spiro atoms. The number of aryl methyl sites for hydroxylation is 1. The van der Waals surface area contributed by atoms with Crippen LogP contribution in [0.5, 0.6) is 11.5 Å². The highest BCUT2D eigenvalue weighted by molar-refractivity contribution is 6.30. The van der Waals surface area contributed by atoms with Crippen molar-refractivity contribution >= 4 is 11.6 Å². The van der Waals surface area contributed by atoms with Gasteiger partial charge in [0.2, 0.25) is 0 Å². The number of hydrogen-bond acceptors (Lipinski definition) is 5. The molecule has 1 aliphatic rings. The lowest BCUT2D eigenvalue weighted by Gasteiger charge is -2.41. The standard InChI is InChI=1S/C21H26ClNO4/c1-14-10-17(22)6-4-16(14)12-23-8-9-27-20(13-24)21(23)15-5-7-18(25-2)19(11-15)26-3/h4-7,10-11,20-21,24H,8-9,12-13H2,1-3H3/t20-,21-/m1/s1. The summed E-state index contributed by atoms with van der Waals surface area (Å²) in [6, 6.07) is 11.7. The molecule has 2 aromatic rings. The lowest BCUT2D eigenvalue weighted by atomic mass is 9.96. The van der Waals surface area contributed by atoms with Gasteiger partial charge in [-0.15, -0.1) is 0 Å². The number of methoxy groups -OCH3 is 2. The second-order valence-corrected chi connectivity index (χ2v) is 7.13. The van der Waals surface area contributed by atoms with Crippen molar-refractivity contribution in [2.24, 2.45) is 0 Å². The Bertz CT molecular complexity index is 783. The third-order valence-corrected chi connectivity index (χ3v) is 5.30. The molecular formula is C21H26ClNO4. The molecular weight excluding hydrogens is 366 g/mol. The zero-order valence-electron chi connectivity index (χ0n) is 15.9. The van der Waals surface area contributed by atoms with Crippen LogP contribution in [0.15, 0.2) is 36.4 Å². The van der Waals surface area contributed by atoms with Gasteiger partial charge in [-0.2, -0.15) is 0 Å². The van der Waals surface area contributed by atoms with Gasteiger partial charge in [0.15, 0.2) is 11.5 Å². The fraction of sp³-hybridized carbons (Fsp3) is 0.429. The number of ether oxygens (including phenoxy) is 3. The number of morpholine rings is 1. The van der Waals surface area contributed by atoms with Gasteiger partial charge in [0.1, 0.15) is 6.10 Å². The zero-order chi connectivity index (χ0) is 19.4. The first kappa shape index (κ1) is 20.0.